The summed E-state index contributed by atoms with van der Waals surface area (Å²) in [6.45, 7) is 5.95. The van der Waals surface area contributed by atoms with Gasteiger partial charge in [-0.3, -0.25) is 0 Å². The van der Waals surface area contributed by atoms with Crippen molar-refractivity contribution in [1.82, 2.24) is 4.98 Å². The Morgan fingerprint density at radius 3 is 2.88 bits per heavy atom. The van der Waals surface area contributed by atoms with Crippen LogP contribution >= 0.6 is 11.3 Å². The molecule has 0 saturated heterocycles. The van der Waals surface area contributed by atoms with Crippen molar-refractivity contribution in [1.29, 1.82) is 5.26 Å². The van der Waals surface area contributed by atoms with Crippen molar-refractivity contribution >= 4 is 21.6 Å². The molecule has 0 N–H and O–H groups in total. The van der Waals surface area contributed by atoms with E-state index in [1.807, 2.05) is 26.8 Å². The van der Waals surface area contributed by atoms with Crippen LogP contribution in [-0.4, -0.2) is 4.98 Å². The molecule has 0 atom stereocenters. The van der Waals surface area contributed by atoms with E-state index in [-0.39, 0.29) is 5.41 Å². The average Bonchev–Trinajstić information content (AvgIpc) is 2.57. The van der Waals surface area contributed by atoms with Crippen molar-refractivity contribution in [2.24, 2.45) is 5.41 Å². The van der Waals surface area contributed by atoms with Crippen LogP contribution < -0.4 is 0 Å². The number of aromatic nitrogens is 1. The van der Waals surface area contributed by atoms with Gasteiger partial charge in [0.15, 0.2) is 0 Å². The average molecular weight is 230 g/mol. The summed E-state index contributed by atoms with van der Waals surface area (Å²) in [4.78, 5) is 4.42. The van der Waals surface area contributed by atoms with E-state index in [1.165, 1.54) is 10.3 Å². The van der Waals surface area contributed by atoms with Crippen LogP contribution in [0.15, 0.2) is 18.2 Å². The minimum atomic E-state index is -0.298. The molecule has 82 valence electrons. The Balaban J connectivity index is 2.37. The second-order valence-electron chi connectivity index (χ2n) is 4.71. The number of nitrogens with zero attached hydrogens (tertiary/aromatic N) is 2. The number of hydrogen-bond donors (Lipinski definition) is 0. The fourth-order valence-corrected chi connectivity index (χ4v) is 2.63. The molecule has 0 aliphatic rings. The van der Waals surface area contributed by atoms with Gasteiger partial charge in [0.05, 0.1) is 26.7 Å². The lowest BCUT2D eigenvalue weighted by Crippen LogP contribution is -2.11. The van der Waals surface area contributed by atoms with Crippen molar-refractivity contribution in [2.75, 3.05) is 0 Å². The molecule has 0 radical (unpaired) electrons. The molecule has 0 amide bonds. The molecule has 16 heavy (non-hydrogen) atoms. The molecule has 2 aromatic rings. The normalized spacial score (nSPS) is 11.6. The monoisotopic (exact) mass is 230 g/mol. The summed E-state index contributed by atoms with van der Waals surface area (Å²) < 4.78 is 1.21. The summed E-state index contributed by atoms with van der Waals surface area (Å²) in [5.74, 6) is 0. The quantitative estimate of drug-likeness (QED) is 0.788. The van der Waals surface area contributed by atoms with Crippen molar-refractivity contribution in [3.8, 4) is 6.07 Å². The molecule has 0 aliphatic heterocycles. The van der Waals surface area contributed by atoms with Gasteiger partial charge in [-0.25, -0.2) is 4.98 Å². The standard InChI is InChI=1S/C13H14N2S/c1-9-15-11-5-4-10(6-12(11)16-9)7-13(2,3)8-14/h4-6H,7H2,1-3H3. The van der Waals surface area contributed by atoms with E-state index in [0.29, 0.717) is 0 Å². The van der Waals surface area contributed by atoms with Gasteiger partial charge in [-0.2, -0.15) is 5.26 Å². The molecule has 2 rings (SSSR count). The Kier molecular flexibility index (Phi) is 2.69. The molecule has 0 spiro atoms. The third-order valence-corrected chi connectivity index (χ3v) is 3.44. The Morgan fingerprint density at radius 2 is 2.19 bits per heavy atom. The smallest absolute Gasteiger partial charge is 0.0907 e. The third kappa shape index (κ3) is 2.23. The first-order valence-electron chi connectivity index (χ1n) is 5.27. The summed E-state index contributed by atoms with van der Waals surface area (Å²) in [5.41, 5.74) is 1.97. The molecule has 3 heteroatoms. The van der Waals surface area contributed by atoms with E-state index >= 15 is 0 Å². The van der Waals surface area contributed by atoms with Crippen LogP contribution in [0.4, 0.5) is 0 Å². The van der Waals surface area contributed by atoms with Gasteiger partial charge < -0.3 is 0 Å². The Bertz CT molecular complexity index is 561. The van der Waals surface area contributed by atoms with Gasteiger partial charge in [0.25, 0.3) is 0 Å². The molecule has 0 aliphatic carbocycles. The highest BCUT2D eigenvalue weighted by Crippen LogP contribution is 2.26. The predicted octanol–water partition coefficient (Wildman–Crippen LogP) is 3.70. The van der Waals surface area contributed by atoms with Gasteiger partial charge in [-0.15, -0.1) is 11.3 Å². The molecule has 1 heterocycles. The van der Waals surface area contributed by atoms with E-state index in [4.69, 9.17) is 5.26 Å². The topological polar surface area (TPSA) is 36.7 Å². The molecule has 0 saturated carbocycles. The van der Waals surface area contributed by atoms with Crippen molar-refractivity contribution in [3.05, 3.63) is 28.8 Å². The molecule has 2 nitrogen and oxygen atoms in total. The zero-order valence-corrected chi connectivity index (χ0v) is 10.6. The molecular weight excluding hydrogens is 216 g/mol. The van der Waals surface area contributed by atoms with Crippen molar-refractivity contribution in [2.45, 2.75) is 27.2 Å². The zero-order chi connectivity index (χ0) is 11.8. The van der Waals surface area contributed by atoms with Gasteiger partial charge in [-0.05, 0) is 44.9 Å². The number of thiazole rings is 1. The maximum absolute atomic E-state index is 9.01. The fraction of sp³-hybridized carbons (Fsp3) is 0.385. The summed E-state index contributed by atoms with van der Waals surface area (Å²) in [6, 6.07) is 8.60. The largest absolute Gasteiger partial charge is 0.242 e. The Hall–Kier alpha value is -1.40. The summed E-state index contributed by atoms with van der Waals surface area (Å²) in [5, 5.41) is 10.1. The fourth-order valence-electron chi connectivity index (χ4n) is 1.74. The van der Waals surface area contributed by atoms with Crippen LogP contribution in [0, 0.1) is 23.7 Å². The predicted molar refractivity (Wildman–Crippen MR) is 67.5 cm³/mol. The van der Waals surface area contributed by atoms with Gasteiger partial charge in [0, 0.05) is 0 Å². The number of aryl methyl sites for hydroxylation is 1. The maximum Gasteiger partial charge on any atom is 0.0907 e. The molecule has 0 bridgehead atoms. The zero-order valence-electron chi connectivity index (χ0n) is 9.74. The molecule has 0 fully saturated rings. The maximum atomic E-state index is 9.01. The van der Waals surface area contributed by atoms with Crippen molar-refractivity contribution < 1.29 is 0 Å². The third-order valence-electron chi connectivity index (χ3n) is 2.51. The number of nitriles is 1. The van der Waals surface area contributed by atoms with Crippen LogP contribution in [0.1, 0.15) is 24.4 Å². The van der Waals surface area contributed by atoms with Gasteiger partial charge in [0.2, 0.25) is 0 Å². The number of hydrogen-bond acceptors (Lipinski definition) is 3. The van der Waals surface area contributed by atoms with E-state index in [1.54, 1.807) is 11.3 Å². The van der Waals surface area contributed by atoms with Crippen LogP contribution in [-0.2, 0) is 6.42 Å². The van der Waals surface area contributed by atoms with Crippen LogP contribution in [0.25, 0.3) is 10.2 Å². The number of fused-ring (bicyclic) bond motifs is 1. The first-order chi connectivity index (χ1) is 7.50. The lowest BCUT2D eigenvalue weighted by molar-refractivity contribution is 0.494. The van der Waals surface area contributed by atoms with E-state index in [2.05, 4.69) is 23.2 Å². The van der Waals surface area contributed by atoms with Gasteiger partial charge >= 0.3 is 0 Å². The summed E-state index contributed by atoms with van der Waals surface area (Å²) >= 11 is 1.71. The highest BCUT2D eigenvalue weighted by atomic mass is 32.1. The number of rotatable bonds is 2. The number of benzene rings is 1. The van der Waals surface area contributed by atoms with E-state index < -0.39 is 0 Å². The van der Waals surface area contributed by atoms with Gasteiger partial charge in [-0.1, -0.05) is 6.07 Å². The second-order valence-corrected chi connectivity index (χ2v) is 5.94. The Morgan fingerprint density at radius 1 is 1.44 bits per heavy atom. The van der Waals surface area contributed by atoms with Crippen LogP contribution in [0.3, 0.4) is 0 Å². The molecule has 0 unspecified atom stereocenters. The molecule has 1 aromatic carbocycles. The molecular formula is C13H14N2S. The van der Waals surface area contributed by atoms with Crippen LogP contribution in [0.2, 0.25) is 0 Å². The minimum absolute atomic E-state index is 0.298. The highest BCUT2D eigenvalue weighted by molar-refractivity contribution is 7.18. The summed E-state index contributed by atoms with van der Waals surface area (Å²) in [7, 11) is 0. The molecule has 1 aromatic heterocycles. The SMILES string of the molecule is Cc1nc2ccc(CC(C)(C)C#N)cc2s1. The Labute approximate surface area is 99.6 Å². The minimum Gasteiger partial charge on any atom is -0.242 e. The first-order valence-corrected chi connectivity index (χ1v) is 6.09. The van der Waals surface area contributed by atoms with Gasteiger partial charge in [0.1, 0.15) is 0 Å². The second kappa shape index (κ2) is 3.88. The highest BCUT2D eigenvalue weighted by Gasteiger charge is 2.17. The lowest BCUT2D eigenvalue weighted by Gasteiger charge is -2.14. The van der Waals surface area contributed by atoms with E-state index in [0.717, 1.165) is 16.9 Å². The lowest BCUT2D eigenvalue weighted by atomic mass is 9.87. The van der Waals surface area contributed by atoms with Crippen LogP contribution in [0.5, 0.6) is 0 Å². The first kappa shape index (κ1) is 11.1. The van der Waals surface area contributed by atoms with E-state index in [9.17, 15) is 0 Å². The summed E-state index contributed by atoms with van der Waals surface area (Å²) in [6.07, 6.45) is 0.788. The van der Waals surface area contributed by atoms with Crippen molar-refractivity contribution in [3.63, 3.8) is 0 Å².